The lowest BCUT2D eigenvalue weighted by molar-refractivity contribution is -0.119. The molecule has 7 nitrogen and oxygen atoms in total. The predicted molar refractivity (Wildman–Crippen MR) is 89.2 cm³/mol. The summed E-state index contributed by atoms with van der Waals surface area (Å²) in [6, 6.07) is 3.39. The Morgan fingerprint density at radius 2 is 1.91 bits per heavy atom. The predicted octanol–water partition coefficient (Wildman–Crippen LogP) is 1.45. The van der Waals surface area contributed by atoms with E-state index in [1.807, 2.05) is 0 Å². The monoisotopic (exact) mass is 346 g/mol. The van der Waals surface area contributed by atoms with E-state index in [4.69, 9.17) is 18.9 Å². The van der Waals surface area contributed by atoms with Crippen molar-refractivity contribution in [3.8, 4) is 17.2 Å². The van der Waals surface area contributed by atoms with Gasteiger partial charge < -0.3 is 29.6 Å². The van der Waals surface area contributed by atoms with Crippen LogP contribution in [0.5, 0.6) is 17.2 Å². The Hall–Kier alpha value is -1.70. The van der Waals surface area contributed by atoms with E-state index < -0.39 is 0 Å². The molecular formula is C15H23ClN2O5. The molecule has 23 heavy (non-hydrogen) atoms. The molecule has 0 aliphatic carbocycles. The lowest BCUT2D eigenvalue weighted by atomic mass is 10.2. The fourth-order valence-corrected chi connectivity index (χ4v) is 2.32. The van der Waals surface area contributed by atoms with E-state index in [-0.39, 0.29) is 24.4 Å². The van der Waals surface area contributed by atoms with Crippen molar-refractivity contribution in [3.63, 3.8) is 0 Å². The highest BCUT2D eigenvalue weighted by Gasteiger charge is 2.19. The summed E-state index contributed by atoms with van der Waals surface area (Å²) in [5, 5.41) is 6.02. The molecule has 8 heteroatoms. The molecule has 0 aromatic heterocycles. The Bertz CT molecular complexity index is 496. The molecule has 1 fully saturated rings. The highest BCUT2D eigenvalue weighted by atomic mass is 35.5. The van der Waals surface area contributed by atoms with Gasteiger partial charge in [-0.25, -0.2) is 0 Å². The molecule has 1 saturated heterocycles. The van der Waals surface area contributed by atoms with Crippen LogP contribution in [0.25, 0.3) is 0 Å². The average Bonchev–Trinajstić information content (AvgIpc) is 2.54. The van der Waals surface area contributed by atoms with Crippen molar-refractivity contribution in [1.29, 1.82) is 0 Å². The van der Waals surface area contributed by atoms with E-state index in [0.29, 0.717) is 42.5 Å². The molecule has 2 rings (SSSR count). The summed E-state index contributed by atoms with van der Waals surface area (Å²) in [6.07, 6.45) is 0.194. The highest BCUT2D eigenvalue weighted by molar-refractivity contribution is 5.91. The largest absolute Gasteiger partial charge is 0.493 e. The Morgan fingerprint density at radius 3 is 2.39 bits per heavy atom. The number of methoxy groups -OCH3 is 3. The minimum Gasteiger partial charge on any atom is -0.493 e. The molecule has 1 unspecified atom stereocenters. The third kappa shape index (κ3) is 5.16. The van der Waals surface area contributed by atoms with Gasteiger partial charge in [0.15, 0.2) is 11.5 Å². The van der Waals surface area contributed by atoms with Gasteiger partial charge in [-0.2, -0.15) is 0 Å². The van der Waals surface area contributed by atoms with Crippen molar-refractivity contribution in [2.45, 2.75) is 12.5 Å². The van der Waals surface area contributed by atoms with Crippen LogP contribution >= 0.6 is 12.4 Å². The van der Waals surface area contributed by atoms with Crippen molar-refractivity contribution in [1.82, 2.24) is 5.32 Å². The summed E-state index contributed by atoms with van der Waals surface area (Å²) in [5.74, 6) is 1.35. The topological polar surface area (TPSA) is 78.1 Å². The molecule has 130 valence electrons. The summed E-state index contributed by atoms with van der Waals surface area (Å²) < 4.78 is 21.3. The van der Waals surface area contributed by atoms with Gasteiger partial charge in [-0.05, 0) is 0 Å². The molecule has 2 N–H and O–H groups in total. The van der Waals surface area contributed by atoms with E-state index in [0.717, 1.165) is 6.54 Å². The maximum absolute atomic E-state index is 12.1. The van der Waals surface area contributed by atoms with Gasteiger partial charge in [0, 0.05) is 30.9 Å². The van der Waals surface area contributed by atoms with Crippen LogP contribution in [0.2, 0.25) is 0 Å². The first-order chi connectivity index (χ1) is 10.7. The van der Waals surface area contributed by atoms with Gasteiger partial charge >= 0.3 is 0 Å². The second kappa shape index (κ2) is 9.44. The van der Waals surface area contributed by atoms with Crippen LogP contribution in [0, 0.1) is 0 Å². The summed E-state index contributed by atoms with van der Waals surface area (Å²) in [6.45, 7) is 2.13. The Balaban J connectivity index is 0.00000264. The molecule has 1 heterocycles. The maximum Gasteiger partial charge on any atom is 0.227 e. The number of carbonyl (C=O) groups excluding carboxylic acids is 1. The van der Waals surface area contributed by atoms with E-state index in [2.05, 4.69) is 10.6 Å². The Kier molecular flexibility index (Phi) is 7.94. The number of amides is 1. The molecule has 1 aliphatic heterocycles. The second-order valence-electron chi connectivity index (χ2n) is 4.86. The van der Waals surface area contributed by atoms with Gasteiger partial charge in [0.05, 0.1) is 40.5 Å². The number of hydrogen-bond acceptors (Lipinski definition) is 6. The molecule has 1 aliphatic rings. The van der Waals surface area contributed by atoms with E-state index in [1.165, 1.54) is 21.3 Å². The first-order valence-corrected chi connectivity index (χ1v) is 7.10. The van der Waals surface area contributed by atoms with E-state index in [1.54, 1.807) is 12.1 Å². The van der Waals surface area contributed by atoms with Crippen LogP contribution in [0.15, 0.2) is 12.1 Å². The van der Waals surface area contributed by atoms with Crippen molar-refractivity contribution in [2.75, 3.05) is 46.3 Å². The first-order valence-electron chi connectivity index (χ1n) is 7.10. The van der Waals surface area contributed by atoms with E-state index in [9.17, 15) is 4.79 Å². The lowest BCUT2D eigenvalue weighted by Crippen LogP contribution is -2.40. The van der Waals surface area contributed by atoms with Gasteiger partial charge in [-0.3, -0.25) is 4.79 Å². The van der Waals surface area contributed by atoms with Crippen molar-refractivity contribution in [2.24, 2.45) is 0 Å². The molecule has 1 amide bonds. The van der Waals surface area contributed by atoms with Crippen molar-refractivity contribution < 1.29 is 23.7 Å². The van der Waals surface area contributed by atoms with Crippen LogP contribution in [-0.4, -0.2) is 53.0 Å². The molecule has 1 aromatic rings. The second-order valence-corrected chi connectivity index (χ2v) is 4.86. The number of halogens is 1. The number of morpholine rings is 1. The number of hydrogen-bond donors (Lipinski definition) is 2. The summed E-state index contributed by atoms with van der Waals surface area (Å²) in [7, 11) is 4.60. The number of benzene rings is 1. The molecule has 0 radical (unpaired) electrons. The average molecular weight is 347 g/mol. The Labute approximate surface area is 142 Å². The van der Waals surface area contributed by atoms with Crippen LogP contribution in [-0.2, 0) is 9.53 Å². The smallest absolute Gasteiger partial charge is 0.227 e. The zero-order valence-corrected chi connectivity index (χ0v) is 14.3. The van der Waals surface area contributed by atoms with Crippen LogP contribution < -0.4 is 24.8 Å². The van der Waals surface area contributed by atoms with Gasteiger partial charge in [-0.15, -0.1) is 12.4 Å². The van der Waals surface area contributed by atoms with E-state index >= 15 is 0 Å². The normalized spacial score (nSPS) is 16.9. The lowest BCUT2D eigenvalue weighted by Gasteiger charge is -2.23. The van der Waals surface area contributed by atoms with Gasteiger partial charge in [0.25, 0.3) is 0 Å². The molecule has 0 spiro atoms. The van der Waals surface area contributed by atoms with Crippen LogP contribution in [0.3, 0.4) is 0 Å². The number of rotatable bonds is 6. The molecule has 0 bridgehead atoms. The van der Waals surface area contributed by atoms with Crippen molar-refractivity contribution in [3.05, 3.63) is 12.1 Å². The standard InChI is InChI=1S/C15H22N2O5.ClH/c1-19-12-6-10(7-13(20-2)15(12)21-3)17-14(18)8-11-9-16-4-5-22-11;/h6-7,11,16H,4-5,8-9H2,1-3H3,(H,17,18);1H. The molecule has 1 atom stereocenters. The fraction of sp³-hybridized carbons (Fsp3) is 0.533. The maximum atomic E-state index is 12.1. The zero-order valence-electron chi connectivity index (χ0n) is 13.5. The summed E-state index contributed by atoms with van der Waals surface area (Å²) in [4.78, 5) is 12.1. The molecule has 1 aromatic carbocycles. The van der Waals surface area contributed by atoms with Gasteiger partial charge in [0.1, 0.15) is 0 Å². The quantitative estimate of drug-likeness (QED) is 0.811. The number of ether oxygens (including phenoxy) is 4. The number of anilines is 1. The highest BCUT2D eigenvalue weighted by Crippen LogP contribution is 2.39. The van der Waals surface area contributed by atoms with Crippen LogP contribution in [0.4, 0.5) is 5.69 Å². The molecule has 0 saturated carbocycles. The summed E-state index contributed by atoms with van der Waals surface area (Å²) in [5.41, 5.74) is 0.586. The van der Waals surface area contributed by atoms with Crippen molar-refractivity contribution >= 4 is 24.0 Å². The first kappa shape index (κ1) is 19.3. The minimum absolute atomic E-state index is 0. The Morgan fingerprint density at radius 1 is 1.26 bits per heavy atom. The number of carbonyl (C=O) groups is 1. The fourth-order valence-electron chi connectivity index (χ4n) is 2.32. The summed E-state index contributed by atoms with van der Waals surface area (Å²) >= 11 is 0. The van der Waals surface area contributed by atoms with Gasteiger partial charge in [-0.1, -0.05) is 0 Å². The minimum atomic E-state index is -0.122. The third-order valence-electron chi connectivity index (χ3n) is 3.37. The molecular weight excluding hydrogens is 324 g/mol. The van der Waals surface area contributed by atoms with Crippen LogP contribution in [0.1, 0.15) is 6.42 Å². The number of nitrogens with one attached hydrogen (secondary N) is 2. The third-order valence-corrected chi connectivity index (χ3v) is 3.37. The zero-order chi connectivity index (χ0) is 15.9. The van der Waals surface area contributed by atoms with Gasteiger partial charge in [0.2, 0.25) is 11.7 Å². The SMILES string of the molecule is COc1cc(NC(=O)CC2CNCCO2)cc(OC)c1OC.Cl.